The fourth-order valence-corrected chi connectivity index (χ4v) is 5.83. The number of hydrogen-bond acceptors (Lipinski definition) is 4. The monoisotopic (exact) mass is 488 g/mol. The molecule has 0 spiro atoms. The van der Waals surface area contributed by atoms with Gasteiger partial charge in [0.05, 0.1) is 27.2 Å². The molecule has 158 valence electrons. The smallest absolute Gasteiger partial charge is 0.310 e. The first-order chi connectivity index (χ1) is 14.5. The van der Waals surface area contributed by atoms with Crippen molar-refractivity contribution in [1.82, 2.24) is 9.47 Å². The first kappa shape index (κ1) is 21.1. The molecule has 0 bridgehead atoms. The van der Waals surface area contributed by atoms with Crippen molar-refractivity contribution in [2.75, 3.05) is 19.7 Å². The van der Waals surface area contributed by atoms with Crippen LogP contribution in [0, 0.1) is 12.8 Å². The molecule has 0 N–H and O–H groups in total. The first-order valence-electron chi connectivity index (χ1n) is 10.3. The summed E-state index contributed by atoms with van der Waals surface area (Å²) in [6.45, 7) is 5.96. The van der Waals surface area contributed by atoms with Gasteiger partial charge >= 0.3 is 5.97 Å². The minimum atomic E-state index is -0.240. The van der Waals surface area contributed by atoms with Crippen molar-refractivity contribution < 1.29 is 14.3 Å². The van der Waals surface area contributed by atoms with E-state index in [0.29, 0.717) is 31.9 Å². The number of rotatable bonds is 5. The number of likely N-dealkylation sites (tertiary alicyclic amines) is 1. The lowest BCUT2D eigenvalue weighted by atomic mass is 9.98. The Balaban J connectivity index is 1.66. The minimum Gasteiger partial charge on any atom is -0.466 e. The number of piperidine rings is 1. The minimum absolute atomic E-state index is 0.0213. The maximum atomic E-state index is 13.5. The molecule has 0 saturated carbocycles. The lowest BCUT2D eigenvalue weighted by Gasteiger charge is -2.31. The normalized spacial score (nSPS) is 16.8. The third-order valence-electron chi connectivity index (χ3n) is 5.55. The number of ether oxygens (including phenoxy) is 1. The Morgan fingerprint density at radius 2 is 2.13 bits per heavy atom. The quantitative estimate of drug-likeness (QED) is 0.461. The number of benzene rings is 1. The third kappa shape index (κ3) is 4.18. The van der Waals surface area contributed by atoms with E-state index in [1.54, 1.807) is 11.3 Å². The maximum absolute atomic E-state index is 13.5. The van der Waals surface area contributed by atoms with Crippen LogP contribution in [0.15, 0.2) is 40.2 Å². The van der Waals surface area contributed by atoms with Crippen molar-refractivity contribution in [2.24, 2.45) is 5.92 Å². The molecule has 2 aromatic heterocycles. The first-order valence-corrected chi connectivity index (χ1v) is 11.9. The van der Waals surface area contributed by atoms with E-state index in [-0.39, 0.29) is 17.8 Å². The van der Waals surface area contributed by atoms with Crippen LogP contribution in [-0.4, -0.2) is 41.0 Å². The van der Waals surface area contributed by atoms with Gasteiger partial charge in [-0.3, -0.25) is 9.59 Å². The van der Waals surface area contributed by atoms with Crippen LogP contribution < -0.4 is 0 Å². The molecule has 1 amide bonds. The second kappa shape index (κ2) is 8.94. The molecule has 0 radical (unpaired) electrons. The summed E-state index contributed by atoms with van der Waals surface area (Å²) in [5, 5.41) is 2.06. The number of carbonyl (C=O) groups excluding carboxylic acids is 2. The summed E-state index contributed by atoms with van der Waals surface area (Å²) in [5.41, 5.74) is 4.07. The van der Waals surface area contributed by atoms with Gasteiger partial charge in [0.25, 0.3) is 5.91 Å². The van der Waals surface area contributed by atoms with Gasteiger partial charge < -0.3 is 14.2 Å². The molecule has 1 atom stereocenters. The predicted molar refractivity (Wildman–Crippen MR) is 123 cm³/mol. The number of thiophene rings is 1. The summed E-state index contributed by atoms with van der Waals surface area (Å²) < 4.78 is 9.37. The molecule has 3 heterocycles. The van der Waals surface area contributed by atoms with E-state index in [1.165, 1.54) is 5.56 Å². The van der Waals surface area contributed by atoms with Crippen molar-refractivity contribution in [1.29, 1.82) is 0 Å². The van der Waals surface area contributed by atoms with E-state index < -0.39 is 0 Å². The largest absolute Gasteiger partial charge is 0.466 e. The standard InChI is InChI=1S/C23H25BrN2O3S/c1-3-29-23(28)17-8-5-9-25(13-17)22(27)19-11-20-21(18(24)14-30-20)26(19)12-16-7-4-6-15(2)10-16/h4,6-7,10-11,14,17H,3,5,8-9,12-13H2,1-2H3/t17-/m1/s1. The molecule has 30 heavy (non-hydrogen) atoms. The summed E-state index contributed by atoms with van der Waals surface area (Å²) in [7, 11) is 0. The van der Waals surface area contributed by atoms with Gasteiger partial charge in [0, 0.05) is 25.0 Å². The van der Waals surface area contributed by atoms with Gasteiger partial charge in [-0.1, -0.05) is 29.8 Å². The van der Waals surface area contributed by atoms with E-state index >= 15 is 0 Å². The molecule has 7 heteroatoms. The highest BCUT2D eigenvalue weighted by atomic mass is 79.9. The zero-order valence-electron chi connectivity index (χ0n) is 17.2. The van der Waals surface area contributed by atoms with Crippen LogP contribution >= 0.6 is 27.3 Å². The van der Waals surface area contributed by atoms with Crippen LogP contribution in [0.5, 0.6) is 0 Å². The molecule has 1 aliphatic rings. The van der Waals surface area contributed by atoms with Crippen molar-refractivity contribution in [3.63, 3.8) is 0 Å². The molecular formula is C23H25BrN2O3S. The van der Waals surface area contributed by atoms with Crippen LogP contribution in [-0.2, 0) is 16.1 Å². The summed E-state index contributed by atoms with van der Waals surface area (Å²) >= 11 is 5.28. The number of fused-ring (bicyclic) bond motifs is 1. The molecule has 5 nitrogen and oxygen atoms in total. The van der Waals surface area contributed by atoms with Gasteiger partial charge in [0.2, 0.25) is 0 Å². The van der Waals surface area contributed by atoms with Gasteiger partial charge in [-0.25, -0.2) is 0 Å². The molecule has 4 rings (SSSR count). The summed E-state index contributed by atoms with van der Waals surface area (Å²) in [5.74, 6) is -0.462. The molecule has 1 aromatic carbocycles. The second-order valence-corrected chi connectivity index (χ2v) is 9.51. The topological polar surface area (TPSA) is 51.5 Å². The molecule has 1 saturated heterocycles. The SMILES string of the molecule is CCOC(=O)[C@@H]1CCCN(C(=O)c2cc3scc(Br)c3n2Cc2cccc(C)c2)C1. The zero-order chi connectivity index (χ0) is 21.3. The van der Waals surface area contributed by atoms with Crippen LogP contribution in [0.25, 0.3) is 10.2 Å². The van der Waals surface area contributed by atoms with Gasteiger partial charge in [0.1, 0.15) is 5.69 Å². The zero-order valence-corrected chi connectivity index (χ0v) is 19.6. The highest BCUT2D eigenvalue weighted by Crippen LogP contribution is 2.34. The van der Waals surface area contributed by atoms with E-state index in [1.807, 2.05) is 24.0 Å². The number of halogens is 1. The Morgan fingerprint density at radius 3 is 2.90 bits per heavy atom. The third-order valence-corrected chi connectivity index (χ3v) is 7.37. The second-order valence-electron chi connectivity index (χ2n) is 7.74. The summed E-state index contributed by atoms with van der Waals surface area (Å²) in [4.78, 5) is 27.6. The van der Waals surface area contributed by atoms with E-state index in [9.17, 15) is 9.59 Å². The van der Waals surface area contributed by atoms with Gasteiger partial charge in [0.15, 0.2) is 0 Å². The van der Waals surface area contributed by atoms with Gasteiger partial charge in [-0.05, 0) is 54.2 Å². The van der Waals surface area contributed by atoms with Crippen LogP contribution in [0.3, 0.4) is 0 Å². The molecule has 0 aliphatic carbocycles. The molecular weight excluding hydrogens is 464 g/mol. The number of nitrogens with zero attached hydrogens (tertiary/aromatic N) is 2. The summed E-state index contributed by atoms with van der Waals surface area (Å²) in [6.07, 6.45) is 1.58. The number of amides is 1. The Morgan fingerprint density at radius 1 is 1.30 bits per heavy atom. The van der Waals surface area contributed by atoms with E-state index in [0.717, 1.165) is 33.1 Å². The van der Waals surface area contributed by atoms with Crippen LogP contribution in [0.1, 0.15) is 41.4 Å². The Bertz CT molecular complexity index is 1090. The van der Waals surface area contributed by atoms with Crippen LogP contribution in [0.4, 0.5) is 0 Å². The average Bonchev–Trinajstić information content (AvgIpc) is 3.28. The van der Waals surface area contributed by atoms with Gasteiger partial charge in [-0.15, -0.1) is 11.3 Å². The lowest BCUT2D eigenvalue weighted by Crippen LogP contribution is -2.43. The van der Waals surface area contributed by atoms with E-state index in [2.05, 4.69) is 51.0 Å². The fraction of sp³-hybridized carbons (Fsp3) is 0.391. The number of esters is 1. The van der Waals surface area contributed by atoms with E-state index in [4.69, 9.17) is 4.74 Å². The number of hydrogen-bond donors (Lipinski definition) is 0. The lowest BCUT2D eigenvalue weighted by molar-refractivity contribution is -0.149. The fourth-order valence-electron chi connectivity index (χ4n) is 4.14. The van der Waals surface area contributed by atoms with Crippen LogP contribution in [0.2, 0.25) is 0 Å². The average molecular weight is 489 g/mol. The van der Waals surface area contributed by atoms with Crippen molar-refractivity contribution in [2.45, 2.75) is 33.2 Å². The number of carbonyl (C=O) groups is 2. The van der Waals surface area contributed by atoms with Crippen molar-refractivity contribution >= 4 is 49.4 Å². The number of aryl methyl sites for hydroxylation is 1. The molecule has 0 unspecified atom stereocenters. The predicted octanol–water partition coefficient (Wildman–Crippen LogP) is 5.24. The maximum Gasteiger partial charge on any atom is 0.310 e. The molecule has 3 aromatic rings. The van der Waals surface area contributed by atoms with Gasteiger partial charge in [-0.2, -0.15) is 0 Å². The summed E-state index contributed by atoms with van der Waals surface area (Å²) in [6, 6.07) is 10.3. The Kier molecular flexibility index (Phi) is 6.29. The molecule has 1 fully saturated rings. The number of aromatic nitrogens is 1. The molecule has 1 aliphatic heterocycles. The Labute approximate surface area is 188 Å². The highest BCUT2D eigenvalue weighted by molar-refractivity contribution is 9.10. The Hall–Kier alpha value is -2.12. The van der Waals surface area contributed by atoms with Crippen molar-refractivity contribution in [3.8, 4) is 0 Å². The highest BCUT2D eigenvalue weighted by Gasteiger charge is 2.31. The van der Waals surface area contributed by atoms with Crippen molar-refractivity contribution in [3.05, 3.63) is 57.0 Å².